The van der Waals surface area contributed by atoms with Crippen LogP contribution in [0.1, 0.15) is 17.0 Å². The molecule has 0 fully saturated rings. The topological polar surface area (TPSA) is 42.3 Å². The van der Waals surface area contributed by atoms with E-state index in [9.17, 15) is 9.59 Å². The highest BCUT2D eigenvalue weighted by molar-refractivity contribution is 9.10. The lowest BCUT2D eigenvalue weighted by atomic mass is 10.3. The van der Waals surface area contributed by atoms with E-state index in [4.69, 9.17) is 0 Å². The van der Waals surface area contributed by atoms with E-state index in [-0.39, 0.29) is 10.8 Å². The highest BCUT2D eigenvalue weighted by Crippen LogP contribution is 2.21. The van der Waals surface area contributed by atoms with Crippen LogP contribution in [0.15, 0.2) is 26.1 Å². The second-order valence-electron chi connectivity index (χ2n) is 4.53. The van der Waals surface area contributed by atoms with Crippen molar-refractivity contribution in [1.82, 2.24) is 9.47 Å². The van der Waals surface area contributed by atoms with Crippen LogP contribution in [-0.2, 0) is 17.9 Å². The molecule has 0 radical (unpaired) electrons. The van der Waals surface area contributed by atoms with E-state index in [2.05, 4.69) is 15.9 Å². The maximum absolute atomic E-state index is 12.1. The first-order chi connectivity index (χ1) is 9.47. The van der Waals surface area contributed by atoms with Gasteiger partial charge in [0.1, 0.15) is 0 Å². The molecule has 0 aliphatic heterocycles. The number of rotatable bonds is 5. The van der Waals surface area contributed by atoms with Gasteiger partial charge in [-0.05, 0) is 28.9 Å². The first kappa shape index (κ1) is 15.5. The number of nitrogens with zero attached hydrogens (tertiary/aromatic N) is 2. The SMILES string of the molecule is Cc1csc(=O)n1CCC(=O)N(C)Cc1cc(Br)cs1. The van der Waals surface area contributed by atoms with E-state index < -0.39 is 0 Å². The third kappa shape index (κ3) is 3.80. The minimum atomic E-state index is 0.000130. The molecular weight excluding hydrogens is 360 g/mol. The molecule has 0 aromatic carbocycles. The second kappa shape index (κ2) is 6.69. The number of hydrogen-bond donors (Lipinski definition) is 0. The lowest BCUT2D eigenvalue weighted by molar-refractivity contribution is -0.130. The van der Waals surface area contributed by atoms with E-state index >= 15 is 0 Å². The predicted octanol–water partition coefficient (Wildman–Crippen LogP) is 3.09. The third-order valence-corrected chi connectivity index (χ3v) is 5.53. The Morgan fingerprint density at radius 1 is 1.40 bits per heavy atom. The average Bonchev–Trinajstić information content (AvgIpc) is 2.94. The van der Waals surface area contributed by atoms with E-state index in [1.807, 2.05) is 23.8 Å². The molecule has 0 N–H and O–H groups in total. The number of thiazole rings is 1. The maximum atomic E-state index is 12.1. The molecule has 0 bridgehead atoms. The van der Waals surface area contributed by atoms with E-state index in [1.54, 1.807) is 27.9 Å². The molecule has 0 spiro atoms. The molecule has 2 rings (SSSR count). The van der Waals surface area contributed by atoms with Crippen LogP contribution in [0.4, 0.5) is 0 Å². The number of carbonyl (C=O) groups is 1. The van der Waals surface area contributed by atoms with Crippen molar-refractivity contribution < 1.29 is 4.79 Å². The molecular formula is C13H15BrN2O2S2. The monoisotopic (exact) mass is 374 g/mol. The normalized spacial score (nSPS) is 10.8. The number of thiophene rings is 1. The Hall–Kier alpha value is -0.920. The second-order valence-corrected chi connectivity index (χ2v) is 7.26. The Morgan fingerprint density at radius 2 is 2.15 bits per heavy atom. The maximum Gasteiger partial charge on any atom is 0.307 e. The number of aromatic nitrogens is 1. The van der Waals surface area contributed by atoms with Crippen LogP contribution in [0.2, 0.25) is 0 Å². The summed E-state index contributed by atoms with van der Waals surface area (Å²) in [7, 11) is 1.79. The molecule has 2 aromatic heterocycles. The Kier molecular flexibility index (Phi) is 5.17. The Labute approximate surface area is 133 Å². The number of carbonyl (C=O) groups excluding carboxylic acids is 1. The van der Waals surface area contributed by atoms with Gasteiger partial charge in [-0.25, -0.2) is 0 Å². The van der Waals surface area contributed by atoms with Gasteiger partial charge in [-0.15, -0.1) is 11.3 Å². The summed E-state index contributed by atoms with van der Waals surface area (Å²) in [5, 5.41) is 3.82. The summed E-state index contributed by atoms with van der Waals surface area (Å²) in [5.74, 6) is 0.0482. The summed E-state index contributed by atoms with van der Waals surface area (Å²) >= 11 is 6.20. The Morgan fingerprint density at radius 3 is 2.70 bits per heavy atom. The first-order valence-electron chi connectivity index (χ1n) is 6.09. The van der Waals surface area contributed by atoms with Crippen LogP contribution >= 0.6 is 38.6 Å². The fourth-order valence-electron chi connectivity index (χ4n) is 1.83. The molecule has 4 nitrogen and oxygen atoms in total. The lowest BCUT2D eigenvalue weighted by Gasteiger charge is -2.16. The van der Waals surface area contributed by atoms with Gasteiger partial charge in [-0.2, -0.15) is 0 Å². The lowest BCUT2D eigenvalue weighted by Crippen LogP contribution is -2.28. The summed E-state index contributed by atoms with van der Waals surface area (Å²) < 4.78 is 2.69. The quantitative estimate of drug-likeness (QED) is 0.806. The van der Waals surface area contributed by atoms with Crippen LogP contribution in [0, 0.1) is 6.92 Å². The van der Waals surface area contributed by atoms with Crippen molar-refractivity contribution in [2.24, 2.45) is 0 Å². The number of aryl methyl sites for hydroxylation is 1. The average molecular weight is 375 g/mol. The minimum Gasteiger partial charge on any atom is -0.341 e. The van der Waals surface area contributed by atoms with Gasteiger partial charge in [0, 0.05) is 45.8 Å². The van der Waals surface area contributed by atoms with Crippen LogP contribution in [0.3, 0.4) is 0 Å². The molecule has 7 heteroatoms. The summed E-state index contributed by atoms with van der Waals surface area (Å²) in [6, 6.07) is 2.02. The largest absolute Gasteiger partial charge is 0.341 e. The van der Waals surface area contributed by atoms with Gasteiger partial charge in [0.25, 0.3) is 0 Å². The fraction of sp³-hybridized carbons (Fsp3) is 0.385. The van der Waals surface area contributed by atoms with Gasteiger partial charge < -0.3 is 9.47 Å². The van der Waals surface area contributed by atoms with Gasteiger partial charge in [0.15, 0.2) is 0 Å². The summed E-state index contributed by atoms with van der Waals surface area (Å²) in [6.07, 6.45) is 0.348. The summed E-state index contributed by atoms with van der Waals surface area (Å²) in [4.78, 5) is 26.5. The highest BCUT2D eigenvalue weighted by Gasteiger charge is 2.12. The molecule has 108 valence electrons. The number of hydrogen-bond acceptors (Lipinski definition) is 4. The Bertz CT molecular complexity index is 659. The molecule has 1 amide bonds. The summed E-state index contributed by atoms with van der Waals surface area (Å²) in [6.45, 7) is 2.94. The van der Waals surface area contributed by atoms with Crippen molar-refractivity contribution in [1.29, 1.82) is 0 Å². The molecule has 2 aromatic rings. The predicted molar refractivity (Wildman–Crippen MR) is 86.4 cm³/mol. The molecule has 0 aliphatic rings. The molecule has 2 heterocycles. The van der Waals surface area contributed by atoms with Gasteiger partial charge >= 0.3 is 4.87 Å². The van der Waals surface area contributed by atoms with E-state index in [0.717, 1.165) is 15.0 Å². The number of halogens is 1. The Balaban J connectivity index is 1.90. The van der Waals surface area contributed by atoms with Crippen molar-refractivity contribution in [2.45, 2.75) is 26.4 Å². The van der Waals surface area contributed by atoms with Gasteiger partial charge in [-0.1, -0.05) is 11.3 Å². The molecule has 20 heavy (non-hydrogen) atoms. The zero-order chi connectivity index (χ0) is 14.7. The van der Waals surface area contributed by atoms with Crippen LogP contribution < -0.4 is 4.87 Å². The molecule has 0 aliphatic carbocycles. The van der Waals surface area contributed by atoms with Crippen molar-refractivity contribution in [2.75, 3.05) is 7.05 Å². The van der Waals surface area contributed by atoms with Crippen LogP contribution in [0.5, 0.6) is 0 Å². The van der Waals surface area contributed by atoms with Gasteiger partial charge in [0.2, 0.25) is 5.91 Å². The fourth-order valence-corrected chi connectivity index (χ4v) is 4.10. The van der Waals surface area contributed by atoms with Crippen LogP contribution in [0.25, 0.3) is 0 Å². The molecule has 0 saturated heterocycles. The molecule has 0 atom stereocenters. The van der Waals surface area contributed by atoms with Crippen molar-refractivity contribution in [3.63, 3.8) is 0 Å². The standard InChI is InChI=1S/C13H15BrN2O2S2/c1-9-7-20-13(18)16(9)4-3-12(17)15(2)6-11-5-10(14)8-19-11/h5,7-8H,3-4,6H2,1-2H3. The van der Waals surface area contributed by atoms with Crippen molar-refractivity contribution >= 4 is 44.5 Å². The van der Waals surface area contributed by atoms with Crippen LogP contribution in [-0.4, -0.2) is 22.4 Å². The third-order valence-electron chi connectivity index (χ3n) is 2.97. The summed E-state index contributed by atoms with van der Waals surface area (Å²) in [5.41, 5.74) is 0.914. The number of amides is 1. The first-order valence-corrected chi connectivity index (χ1v) is 8.64. The van der Waals surface area contributed by atoms with Crippen molar-refractivity contribution in [3.8, 4) is 0 Å². The van der Waals surface area contributed by atoms with E-state index in [1.165, 1.54) is 11.3 Å². The molecule has 0 saturated carbocycles. The zero-order valence-corrected chi connectivity index (χ0v) is 14.5. The van der Waals surface area contributed by atoms with Gasteiger partial charge in [-0.3, -0.25) is 9.59 Å². The van der Waals surface area contributed by atoms with Crippen molar-refractivity contribution in [3.05, 3.63) is 41.5 Å². The smallest absolute Gasteiger partial charge is 0.307 e. The van der Waals surface area contributed by atoms with E-state index in [0.29, 0.717) is 19.5 Å². The van der Waals surface area contributed by atoms with Gasteiger partial charge in [0.05, 0.1) is 6.54 Å². The zero-order valence-electron chi connectivity index (χ0n) is 11.3. The highest BCUT2D eigenvalue weighted by atomic mass is 79.9. The minimum absolute atomic E-state index is 0.000130. The molecule has 0 unspecified atom stereocenters.